The van der Waals surface area contributed by atoms with Crippen LogP contribution < -0.4 is 16.0 Å². The fourth-order valence-electron chi connectivity index (χ4n) is 5.65. The van der Waals surface area contributed by atoms with Gasteiger partial charge in [0.05, 0.1) is 21.7 Å². The highest BCUT2D eigenvalue weighted by atomic mass is 35.5. The van der Waals surface area contributed by atoms with Crippen LogP contribution >= 0.6 is 11.6 Å². The van der Waals surface area contributed by atoms with E-state index < -0.39 is 5.76 Å². The Morgan fingerprint density at radius 3 is 2.70 bits per heavy atom. The molecular formula is C26H31ClN8O2. The number of hydrogen-bond acceptors (Lipinski definition) is 8. The molecule has 4 aromatic heterocycles. The van der Waals surface area contributed by atoms with Gasteiger partial charge in [0.25, 0.3) is 0 Å². The topological polar surface area (TPSA) is 118 Å². The van der Waals surface area contributed by atoms with E-state index in [0.717, 1.165) is 54.6 Å². The number of hydrogen-bond donors (Lipinski definition) is 2. The van der Waals surface area contributed by atoms with Crippen molar-refractivity contribution in [1.29, 1.82) is 0 Å². The van der Waals surface area contributed by atoms with Crippen LogP contribution in [0.1, 0.15) is 39.5 Å². The Kier molecular flexibility index (Phi) is 6.46. The summed E-state index contributed by atoms with van der Waals surface area (Å²) in [4.78, 5) is 31.2. The normalized spacial score (nSPS) is 22.6. The van der Waals surface area contributed by atoms with Gasteiger partial charge in [0.1, 0.15) is 5.69 Å². The van der Waals surface area contributed by atoms with Crippen molar-refractivity contribution >= 4 is 28.6 Å². The number of aromatic nitrogens is 6. The molecule has 11 heteroatoms. The molecule has 0 bridgehead atoms. The number of pyridine rings is 2. The Morgan fingerprint density at radius 1 is 1.14 bits per heavy atom. The summed E-state index contributed by atoms with van der Waals surface area (Å²) < 4.78 is 7.13. The molecule has 37 heavy (non-hydrogen) atoms. The van der Waals surface area contributed by atoms with Gasteiger partial charge >= 0.3 is 5.76 Å². The molecule has 4 aromatic rings. The minimum Gasteiger partial charge on any atom is -0.337 e. The van der Waals surface area contributed by atoms with Gasteiger partial charge in [-0.3, -0.25) is 14.5 Å². The highest BCUT2D eigenvalue weighted by Crippen LogP contribution is 2.37. The number of aromatic amines is 1. The van der Waals surface area contributed by atoms with Crippen molar-refractivity contribution in [3.63, 3.8) is 0 Å². The van der Waals surface area contributed by atoms with E-state index in [9.17, 15) is 4.79 Å². The smallest absolute Gasteiger partial charge is 0.337 e. The van der Waals surface area contributed by atoms with Crippen LogP contribution in [0.5, 0.6) is 0 Å². The minimum absolute atomic E-state index is 0.260. The summed E-state index contributed by atoms with van der Waals surface area (Å²) >= 11 is 6.36. The Bertz CT molecular complexity index is 1470. The third kappa shape index (κ3) is 4.75. The molecular weight excluding hydrogens is 492 g/mol. The van der Waals surface area contributed by atoms with Crippen LogP contribution in [-0.4, -0.2) is 55.3 Å². The van der Waals surface area contributed by atoms with Crippen molar-refractivity contribution in [1.82, 2.24) is 35.0 Å². The SMILES string of the molecule is C[C@@H]1CNCCN1c1nc2cc(-c3noc(=O)[nH]3)nc(-c3cncc(Cl)c3)c2n1C[C@H]1CC[C@H](C)CC1. The van der Waals surface area contributed by atoms with Crippen molar-refractivity contribution in [3.8, 4) is 22.8 Å². The zero-order valence-electron chi connectivity index (χ0n) is 21.1. The van der Waals surface area contributed by atoms with E-state index in [1.807, 2.05) is 12.1 Å². The molecule has 0 unspecified atom stereocenters. The summed E-state index contributed by atoms with van der Waals surface area (Å²) in [6.07, 6.45) is 8.28. The van der Waals surface area contributed by atoms with E-state index in [-0.39, 0.29) is 5.82 Å². The highest BCUT2D eigenvalue weighted by Gasteiger charge is 2.29. The summed E-state index contributed by atoms with van der Waals surface area (Å²) in [5, 5.41) is 7.88. The van der Waals surface area contributed by atoms with Gasteiger partial charge in [0.2, 0.25) is 11.8 Å². The molecule has 0 radical (unpaired) electrons. The van der Waals surface area contributed by atoms with Crippen LogP contribution in [0.25, 0.3) is 33.8 Å². The lowest BCUT2D eigenvalue weighted by molar-refractivity contribution is 0.266. The van der Waals surface area contributed by atoms with E-state index in [1.165, 1.54) is 25.7 Å². The molecule has 0 spiro atoms. The van der Waals surface area contributed by atoms with Gasteiger partial charge in [-0.15, -0.1) is 0 Å². The van der Waals surface area contributed by atoms with Gasteiger partial charge in [-0.2, -0.15) is 0 Å². The zero-order valence-corrected chi connectivity index (χ0v) is 21.8. The van der Waals surface area contributed by atoms with Crippen molar-refractivity contribution in [2.24, 2.45) is 11.8 Å². The predicted molar refractivity (Wildman–Crippen MR) is 143 cm³/mol. The number of piperazine rings is 1. The van der Waals surface area contributed by atoms with Crippen molar-refractivity contribution < 1.29 is 4.52 Å². The molecule has 0 aromatic carbocycles. The van der Waals surface area contributed by atoms with Gasteiger partial charge in [-0.1, -0.05) is 36.5 Å². The molecule has 1 aliphatic carbocycles. The standard InChI is InChI=1S/C26H31ClN8O2/c1-15-3-5-17(6-4-15)14-35-23-20(31-25(35)34-8-7-28-11-16(34)2)10-21(24-32-26(36)37-33-24)30-22(23)18-9-19(27)13-29-12-18/h9-10,12-13,15-17,28H,3-8,11,14H2,1-2H3,(H,32,33,36)/t15-,16-,17-/m1/s1. The summed E-state index contributed by atoms with van der Waals surface area (Å²) in [5.74, 6) is 1.94. The predicted octanol–water partition coefficient (Wildman–Crippen LogP) is 4.11. The molecule has 2 aliphatic rings. The van der Waals surface area contributed by atoms with Crippen LogP contribution in [-0.2, 0) is 6.54 Å². The van der Waals surface area contributed by atoms with Crippen LogP contribution in [0.15, 0.2) is 33.8 Å². The Labute approximate surface area is 219 Å². The van der Waals surface area contributed by atoms with Crippen LogP contribution in [0.4, 0.5) is 5.95 Å². The van der Waals surface area contributed by atoms with E-state index in [1.54, 1.807) is 12.4 Å². The third-order valence-corrected chi connectivity index (χ3v) is 7.91. The van der Waals surface area contributed by atoms with Crippen LogP contribution in [0.2, 0.25) is 5.02 Å². The van der Waals surface area contributed by atoms with Crippen molar-refractivity contribution in [3.05, 3.63) is 40.1 Å². The summed E-state index contributed by atoms with van der Waals surface area (Å²) in [6.45, 7) is 8.13. The van der Waals surface area contributed by atoms with Gasteiger partial charge < -0.3 is 14.8 Å². The first-order valence-electron chi connectivity index (χ1n) is 13.0. The average molecular weight is 523 g/mol. The summed E-state index contributed by atoms with van der Waals surface area (Å²) in [5.41, 5.74) is 3.69. The quantitative estimate of drug-likeness (QED) is 0.402. The number of anilines is 1. The monoisotopic (exact) mass is 522 g/mol. The molecule has 2 fully saturated rings. The number of nitrogens with one attached hydrogen (secondary N) is 2. The molecule has 194 valence electrons. The first-order valence-corrected chi connectivity index (χ1v) is 13.4. The van der Waals surface area contributed by atoms with Gasteiger partial charge in [-0.05, 0) is 43.7 Å². The molecule has 6 rings (SSSR count). The average Bonchev–Trinajstić information content (AvgIpc) is 3.49. The lowest BCUT2D eigenvalue weighted by Crippen LogP contribution is -2.51. The van der Waals surface area contributed by atoms with Gasteiger partial charge in [-0.25, -0.2) is 14.8 Å². The number of imidazole rings is 1. The molecule has 5 heterocycles. The van der Waals surface area contributed by atoms with Crippen LogP contribution in [0.3, 0.4) is 0 Å². The molecule has 0 amide bonds. The Balaban J connectivity index is 1.58. The summed E-state index contributed by atoms with van der Waals surface area (Å²) in [7, 11) is 0. The minimum atomic E-state index is -0.629. The second kappa shape index (κ2) is 9.90. The number of H-pyrrole nitrogens is 1. The maximum Gasteiger partial charge on any atom is 0.439 e. The lowest BCUT2D eigenvalue weighted by Gasteiger charge is -2.36. The molecule has 1 saturated heterocycles. The highest BCUT2D eigenvalue weighted by molar-refractivity contribution is 6.30. The van der Waals surface area contributed by atoms with Gasteiger partial charge in [0.15, 0.2) is 0 Å². The van der Waals surface area contributed by atoms with Crippen molar-refractivity contribution in [2.75, 3.05) is 24.5 Å². The Hall–Kier alpha value is -3.24. The molecule has 2 N–H and O–H groups in total. The molecule has 1 atom stereocenters. The second-order valence-electron chi connectivity index (χ2n) is 10.5. The zero-order chi connectivity index (χ0) is 25.5. The first kappa shape index (κ1) is 24.1. The molecule has 1 aliphatic heterocycles. The Morgan fingerprint density at radius 2 is 1.97 bits per heavy atom. The van der Waals surface area contributed by atoms with E-state index >= 15 is 0 Å². The molecule has 1 saturated carbocycles. The number of fused-ring (bicyclic) bond motifs is 1. The fourth-order valence-corrected chi connectivity index (χ4v) is 5.82. The van der Waals surface area contributed by atoms with Crippen molar-refractivity contribution in [2.45, 2.75) is 52.1 Å². The fraction of sp³-hybridized carbons (Fsp3) is 0.500. The summed E-state index contributed by atoms with van der Waals surface area (Å²) in [6, 6.07) is 4.03. The third-order valence-electron chi connectivity index (χ3n) is 7.70. The van der Waals surface area contributed by atoms with E-state index in [2.05, 4.69) is 43.8 Å². The largest absolute Gasteiger partial charge is 0.439 e. The molecule has 10 nitrogen and oxygen atoms in total. The number of nitrogens with zero attached hydrogens (tertiary/aromatic N) is 6. The number of halogens is 1. The van der Waals surface area contributed by atoms with E-state index in [0.29, 0.717) is 28.4 Å². The number of rotatable bonds is 5. The second-order valence-corrected chi connectivity index (χ2v) is 10.9. The maximum absolute atomic E-state index is 11.7. The first-order chi connectivity index (χ1) is 18.0. The van der Waals surface area contributed by atoms with E-state index in [4.69, 9.17) is 26.1 Å². The maximum atomic E-state index is 11.7. The van der Waals surface area contributed by atoms with Gasteiger partial charge in [0, 0.05) is 50.2 Å². The lowest BCUT2D eigenvalue weighted by atomic mass is 9.83. The van der Waals surface area contributed by atoms with Crippen LogP contribution in [0, 0.1) is 11.8 Å².